The lowest BCUT2D eigenvalue weighted by molar-refractivity contribution is -0.122. The highest BCUT2D eigenvalue weighted by molar-refractivity contribution is 7.92. The number of amides is 1. The van der Waals surface area contributed by atoms with Gasteiger partial charge in [0.25, 0.3) is 10.0 Å². The first kappa shape index (κ1) is 22.2. The van der Waals surface area contributed by atoms with Crippen LogP contribution in [0.5, 0.6) is 0 Å². The number of sulfonamides is 1. The SMILES string of the molecule is Cl.N[C@@H]1CCC[C@H]1CC(=O)NCc1ccccc1NS(=O)(=O)c1ccccc1. The zero-order chi connectivity index (χ0) is 19.3. The van der Waals surface area contributed by atoms with Gasteiger partial charge in [-0.25, -0.2) is 8.42 Å². The lowest BCUT2D eigenvalue weighted by atomic mass is 10.00. The van der Waals surface area contributed by atoms with Crippen molar-refractivity contribution in [2.45, 2.75) is 43.2 Å². The molecule has 0 aliphatic heterocycles. The normalized spacial score (nSPS) is 18.9. The summed E-state index contributed by atoms with van der Waals surface area (Å²) in [5.41, 5.74) is 7.19. The number of hydrogen-bond donors (Lipinski definition) is 3. The van der Waals surface area contributed by atoms with Crippen LogP contribution >= 0.6 is 12.4 Å². The number of anilines is 1. The smallest absolute Gasteiger partial charge is 0.261 e. The van der Waals surface area contributed by atoms with Crippen molar-refractivity contribution in [3.8, 4) is 0 Å². The van der Waals surface area contributed by atoms with Crippen LogP contribution in [0.2, 0.25) is 0 Å². The predicted octanol–water partition coefficient (Wildman–Crippen LogP) is 3.04. The standard InChI is InChI=1S/C20H25N3O3S.ClH/c21-18-11-6-8-15(18)13-20(24)22-14-16-7-4-5-12-19(16)23-27(25,26)17-9-2-1-3-10-17;/h1-5,7,9-10,12,15,18,23H,6,8,11,13-14,21H2,(H,22,24);1H/t15-,18+;/m0./s1. The molecule has 3 rings (SSSR count). The van der Waals surface area contributed by atoms with Crippen LogP contribution < -0.4 is 15.8 Å². The van der Waals surface area contributed by atoms with Gasteiger partial charge in [-0.2, -0.15) is 0 Å². The largest absolute Gasteiger partial charge is 0.352 e. The summed E-state index contributed by atoms with van der Waals surface area (Å²) in [5.74, 6) is 0.176. The third-order valence-corrected chi connectivity index (χ3v) is 6.34. The average molecular weight is 424 g/mol. The van der Waals surface area contributed by atoms with Gasteiger partial charge in [-0.15, -0.1) is 12.4 Å². The fourth-order valence-electron chi connectivity index (χ4n) is 3.40. The molecule has 0 bridgehead atoms. The number of para-hydroxylation sites is 1. The minimum absolute atomic E-state index is 0. The molecule has 8 heteroatoms. The van der Waals surface area contributed by atoms with Crippen LogP contribution in [0, 0.1) is 5.92 Å². The highest BCUT2D eigenvalue weighted by Crippen LogP contribution is 2.27. The van der Waals surface area contributed by atoms with Crippen molar-refractivity contribution in [3.63, 3.8) is 0 Å². The van der Waals surface area contributed by atoms with E-state index in [-0.39, 0.29) is 41.7 Å². The van der Waals surface area contributed by atoms with E-state index < -0.39 is 10.0 Å². The summed E-state index contributed by atoms with van der Waals surface area (Å²) in [6.07, 6.45) is 3.45. The number of carbonyl (C=O) groups excluding carboxylic acids is 1. The van der Waals surface area contributed by atoms with E-state index in [1.54, 1.807) is 36.4 Å². The summed E-state index contributed by atoms with van der Waals surface area (Å²) >= 11 is 0. The number of nitrogens with one attached hydrogen (secondary N) is 2. The first-order chi connectivity index (χ1) is 13.0. The highest BCUT2D eigenvalue weighted by atomic mass is 35.5. The number of benzene rings is 2. The van der Waals surface area contributed by atoms with Crippen molar-refractivity contribution in [2.75, 3.05) is 4.72 Å². The van der Waals surface area contributed by atoms with E-state index in [2.05, 4.69) is 10.0 Å². The van der Waals surface area contributed by atoms with Gasteiger partial charge < -0.3 is 11.1 Å². The summed E-state index contributed by atoms with van der Waals surface area (Å²) in [6.45, 7) is 0.258. The monoisotopic (exact) mass is 423 g/mol. The zero-order valence-electron chi connectivity index (χ0n) is 15.5. The van der Waals surface area contributed by atoms with Gasteiger partial charge in [0.05, 0.1) is 10.6 Å². The summed E-state index contributed by atoms with van der Waals surface area (Å²) in [6, 6.07) is 15.3. The Labute approximate surface area is 172 Å². The van der Waals surface area contributed by atoms with Gasteiger partial charge in [0.2, 0.25) is 5.91 Å². The van der Waals surface area contributed by atoms with E-state index in [1.165, 1.54) is 12.1 Å². The van der Waals surface area contributed by atoms with Crippen molar-refractivity contribution in [1.82, 2.24) is 5.32 Å². The average Bonchev–Trinajstić information content (AvgIpc) is 3.06. The maximum atomic E-state index is 12.5. The molecule has 152 valence electrons. The van der Waals surface area contributed by atoms with Crippen LogP contribution in [0.15, 0.2) is 59.5 Å². The topological polar surface area (TPSA) is 101 Å². The first-order valence-corrected chi connectivity index (χ1v) is 10.6. The van der Waals surface area contributed by atoms with Crippen LogP contribution in [0.3, 0.4) is 0 Å². The molecule has 0 saturated heterocycles. The van der Waals surface area contributed by atoms with Gasteiger partial charge in [0.15, 0.2) is 0 Å². The second-order valence-electron chi connectivity index (χ2n) is 6.91. The Balaban J connectivity index is 0.00000280. The van der Waals surface area contributed by atoms with Crippen molar-refractivity contribution >= 4 is 34.0 Å². The number of carbonyl (C=O) groups is 1. The molecule has 2 aromatic rings. The van der Waals surface area contributed by atoms with Gasteiger partial charge >= 0.3 is 0 Å². The molecule has 1 aliphatic rings. The number of halogens is 1. The molecule has 1 saturated carbocycles. The fourth-order valence-corrected chi connectivity index (χ4v) is 4.52. The first-order valence-electron chi connectivity index (χ1n) is 9.14. The Morgan fingerprint density at radius 3 is 2.39 bits per heavy atom. The Morgan fingerprint density at radius 2 is 1.71 bits per heavy atom. The number of rotatable bonds is 7. The molecule has 1 amide bonds. The Bertz CT molecular complexity index is 891. The Morgan fingerprint density at radius 1 is 1.04 bits per heavy atom. The maximum absolute atomic E-state index is 12.5. The summed E-state index contributed by atoms with van der Waals surface area (Å²) < 4.78 is 27.7. The number of nitrogens with two attached hydrogens (primary N) is 1. The van der Waals surface area contributed by atoms with E-state index in [0.29, 0.717) is 17.7 Å². The van der Waals surface area contributed by atoms with E-state index in [0.717, 1.165) is 19.3 Å². The second-order valence-corrected chi connectivity index (χ2v) is 8.59. The van der Waals surface area contributed by atoms with Crippen molar-refractivity contribution < 1.29 is 13.2 Å². The maximum Gasteiger partial charge on any atom is 0.261 e. The minimum atomic E-state index is -3.68. The molecular weight excluding hydrogens is 398 g/mol. The Hall–Kier alpha value is -2.09. The molecule has 0 spiro atoms. The molecule has 0 heterocycles. The van der Waals surface area contributed by atoms with Gasteiger partial charge in [-0.3, -0.25) is 9.52 Å². The quantitative estimate of drug-likeness (QED) is 0.637. The van der Waals surface area contributed by atoms with Gasteiger partial charge in [-0.1, -0.05) is 42.8 Å². The van der Waals surface area contributed by atoms with E-state index in [4.69, 9.17) is 5.73 Å². The molecule has 1 aliphatic carbocycles. The van der Waals surface area contributed by atoms with Gasteiger partial charge in [-0.05, 0) is 42.5 Å². The molecule has 4 N–H and O–H groups in total. The molecule has 2 atom stereocenters. The molecule has 6 nitrogen and oxygen atoms in total. The van der Waals surface area contributed by atoms with E-state index >= 15 is 0 Å². The molecule has 0 aromatic heterocycles. The molecule has 1 fully saturated rings. The third kappa shape index (κ3) is 5.70. The molecular formula is C20H26ClN3O3S. The van der Waals surface area contributed by atoms with Gasteiger partial charge in [0, 0.05) is 19.0 Å². The van der Waals surface area contributed by atoms with Crippen LogP contribution in [-0.4, -0.2) is 20.4 Å². The molecule has 0 radical (unpaired) electrons. The van der Waals surface area contributed by atoms with Crippen molar-refractivity contribution in [3.05, 3.63) is 60.2 Å². The summed E-state index contributed by atoms with van der Waals surface area (Å²) in [4.78, 5) is 12.4. The zero-order valence-corrected chi connectivity index (χ0v) is 17.1. The van der Waals surface area contributed by atoms with Crippen LogP contribution in [0.25, 0.3) is 0 Å². The third-order valence-electron chi connectivity index (χ3n) is 4.96. The minimum Gasteiger partial charge on any atom is -0.352 e. The van der Waals surface area contributed by atoms with Crippen molar-refractivity contribution in [2.24, 2.45) is 11.7 Å². The summed E-state index contributed by atoms with van der Waals surface area (Å²) in [7, 11) is -3.68. The van der Waals surface area contributed by atoms with Gasteiger partial charge in [0.1, 0.15) is 0 Å². The second kappa shape index (κ2) is 9.91. The molecule has 2 aromatic carbocycles. The van der Waals surface area contributed by atoms with Crippen molar-refractivity contribution in [1.29, 1.82) is 0 Å². The van der Waals surface area contributed by atoms with Crippen LogP contribution in [0.1, 0.15) is 31.2 Å². The number of hydrogen-bond acceptors (Lipinski definition) is 4. The van der Waals surface area contributed by atoms with Crippen LogP contribution in [-0.2, 0) is 21.4 Å². The Kier molecular flexibility index (Phi) is 7.86. The lowest BCUT2D eigenvalue weighted by Crippen LogP contribution is -2.31. The van der Waals surface area contributed by atoms with Crippen LogP contribution in [0.4, 0.5) is 5.69 Å². The highest BCUT2D eigenvalue weighted by Gasteiger charge is 2.26. The molecule has 28 heavy (non-hydrogen) atoms. The predicted molar refractivity (Wildman–Crippen MR) is 113 cm³/mol. The lowest BCUT2D eigenvalue weighted by Gasteiger charge is -2.16. The van der Waals surface area contributed by atoms with E-state index in [9.17, 15) is 13.2 Å². The van der Waals surface area contributed by atoms with E-state index in [1.807, 2.05) is 6.07 Å². The summed E-state index contributed by atoms with van der Waals surface area (Å²) in [5, 5.41) is 2.88. The fraction of sp³-hybridized carbons (Fsp3) is 0.350. The molecule has 0 unspecified atom stereocenters.